The normalized spacial score (nSPS) is 12.5. The molecule has 0 bridgehead atoms. The minimum absolute atomic E-state index is 0.0402. The Labute approximate surface area is 283 Å². The van der Waals surface area contributed by atoms with Crippen LogP contribution in [0.2, 0.25) is 0 Å². The molecular formula is C36H40N6O5S. The number of benzene rings is 3. The first-order valence-corrected chi connectivity index (χ1v) is 16.6. The first-order valence-electron chi connectivity index (χ1n) is 15.8. The monoisotopic (exact) mass is 668 g/mol. The molecule has 48 heavy (non-hydrogen) atoms. The van der Waals surface area contributed by atoms with E-state index in [1.165, 1.54) is 11.3 Å². The number of carbonyl (C=O) groups is 4. The number of nitrogens with zero attached hydrogens (tertiary/aromatic N) is 1. The summed E-state index contributed by atoms with van der Waals surface area (Å²) in [6.45, 7) is 7.67. The molecule has 1 fully saturated rings. The highest BCUT2D eigenvalue weighted by molar-refractivity contribution is 7.18. The molecule has 4 aromatic rings. The van der Waals surface area contributed by atoms with Gasteiger partial charge in [0, 0.05) is 48.1 Å². The fraction of sp³-hybridized carbons (Fsp3) is 0.306. The lowest BCUT2D eigenvalue weighted by Crippen LogP contribution is -2.34. The fourth-order valence-corrected chi connectivity index (χ4v) is 5.57. The third-order valence-corrected chi connectivity index (χ3v) is 8.19. The van der Waals surface area contributed by atoms with Crippen LogP contribution >= 0.6 is 11.3 Å². The van der Waals surface area contributed by atoms with Crippen LogP contribution in [-0.4, -0.2) is 47.0 Å². The number of anilines is 3. The number of aryl methyl sites for hydroxylation is 1. The molecule has 11 nitrogen and oxygen atoms in total. The van der Waals surface area contributed by atoms with Gasteiger partial charge in [-0.3, -0.25) is 14.4 Å². The molecule has 0 radical (unpaired) electrons. The van der Waals surface area contributed by atoms with Crippen LogP contribution in [0.25, 0.3) is 11.3 Å². The largest absolute Gasteiger partial charge is 0.444 e. The van der Waals surface area contributed by atoms with Gasteiger partial charge in [-0.05, 0) is 75.9 Å². The summed E-state index contributed by atoms with van der Waals surface area (Å²) in [5, 5.41) is 15.2. The molecule has 0 atom stereocenters. The second-order valence-corrected chi connectivity index (χ2v) is 13.6. The van der Waals surface area contributed by atoms with Gasteiger partial charge in [-0.2, -0.15) is 0 Å². The van der Waals surface area contributed by atoms with E-state index in [1.807, 2.05) is 49.4 Å². The Morgan fingerprint density at radius 3 is 2.42 bits per heavy atom. The summed E-state index contributed by atoms with van der Waals surface area (Å²) < 4.78 is 5.21. The molecule has 0 saturated heterocycles. The summed E-state index contributed by atoms with van der Waals surface area (Å²) in [6, 6.07) is 22.4. The highest BCUT2D eigenvalue weighted by Gasteiger charge is 2.25. The minimum atomic E-state index is -0.635. The predicted molar refractivity (Wildman–Crippen MR) is 188 cm³/mol. The van der Waals surface area contributed by atoms with E-state index in [-0.39, 0.29) is 36.7 Å². The molecule has 5 rings (SSSR count). The Morgan fingerprint density at radius 1 is 0.917 bits per heavy atom. The van der Waals surface area contributed by atoms with Crippen molar-refractivity contribution in [2.75, 3.05) is 17.2 Å². The number of hydrogen-bond donors (Lipinski definition) is 5. The number of hydrogen-bond acceptors (Lipinski definition) is 8. The predicted octanol–water partition coefficient (Wildman–Crippen LogP) is 6.54. The highest BCUT2D eigenvalue weighted by atomic mass is 32.1. The Bertz CT molecular complexity index is 1800. The Morgan fingerprint density at radius 2 is 1.69 bits per heavy atom. The highest BCUT2D eigenvalue weighted by Crippen LogP contribution is 2.35. The van der Waals surface area contributed by atoms with Crippen LogP contribution < -0.4 is 26.6 Å². The van der Waals surface area contributed by atoms with E-state index in [9.17, 15) is 19.2 Å². The van der Waals surface area contributed by atoms with E-state index in [0.717, 1.165) is 24.0 Å². The van der Waals surface area contributed by atoms with Crippen molar-refractivity contribution in [1.82, 2.24) is 20.9 Å². The van der Waals surface area contributed by atoms with Gasteiger partial charge in [0.25, 0.3) is 11.8 Å². The molecule has 1 aliphatic rings. The average Bonchev–Trinajstić information content (AvgIpc) is 3.76. The molecule has 1 heterocycles. The number of rotatable bonds is 12. The van der Waals surface area contributed by atoms with E-state index in [0.29, 0.717) is 44.7 Å². The number of amides is 4. The average molecular weight is 669 g/mol. The molecular weight excluding hydrogens is 629 g/mol. The van der Waals surface area contributed by atoms with Crippen LogP contribution in [-0.2, 0) is 16.1 Å². The third kappa shape index (κ3) is 9.88. The van der Waals surface area contributed by atoms with E-state index in [2.05, 4.69) is 26.6 Å². The molecule has 1 aromatic heterocycles. The van der Waals surface area contributed by atoms with Crippen LogP contribution in [0, 0.1) is 6.92 Å². The van der Waals surface area contributed by atoms with Crippen molar-refractivity contribution < 1.29 is 23.9 Å². The van der Waals surface area contributed by atoms with E-state index in [1.54, 1.807) is 51.1 Å². The number of alkyl carbamates (subject to hydrolysis) is 1. The zero-order chi connectivity index (χ0) is 34.3. The van der Waals surface area contributed by atoms with Crippen LogP contribution in [0.1, 0.15) is 71.2 Å². The minimum Gasteiger partial charge on any atom is -0.444 e. The lowest BCUT2D eigenvalue weighted by Gasteiger charge is -2.19. The summed E-state index contributed by atoms with van der Waals surface area (Å²) in [6.07, 6.45) is 1.44. The second-order valence-electron chi connectivity index (χ2n) is 12.6. The molecule has 4 amide bonds. The summed E-state index contributed by atoms with van der Waals surface area (Å²) in [5.41, 5.74) is 4.06. The van der Waals surface area contributed by atoms with Crippen molar-refractivity contribution in [2.24, 2.45) is 0 Å². The first-order chi connectivity index (χ1) is 22.9. The van der Waals surface area contributed by atoms with Crippen molar-refractivity contribution >= 4 is 51.7 Å². The van der Waals surface area contributed by atoms with Crippen molar-refractivity contribution in [2.45, 2.75) is 65.1 Å². The molecule has 5 N–H and O–H groups in total. The van der Waals surface area contributed by atoms with E-state index < -0.39 is 11.7 Å². The lowest BCUT2D eigenvalue weighted by atomic mass is 10.1. The van der Waals surface area contributed by atoms with Gasteiger partial charge < -0.3 is 31.3 Å². The quantitative estimate of drug-likeness (QED) is 0.115. The van der Waals surface area contributed by atoms with Gasteiger partial charge in [-0.25, -0.2) is 9.78 Å². The first kappa shape index (κ1) is 34.1. The van der Waals surface area contributed by atoms with Gasteiger partial charge in [0.2, 0.25) is 5.91 Å². The molecule has 12 heteroatoms. The van der Waals surface area contributed by atoms with Crippen LogP contribution in [0.5, 0.6) is 0 Å². The maximum atomic E-state index is 13.6. The zero-order valence-corrected chi connectivity index (χ0v) is 28.3. The summed E-state index contributed by atoms with van der Waals surface area (Å²) >= 11 is 1.20. The Hall–Kier alpha value is -5.23. The van der Waals surface area contributed by atoms with E-state index in [4.69, 9.17) is 9.72 Å². The number of ether oxygens (including phenoxy) is 1. The lowest BCUT2D eigenvalue weighted by molar-refractivity contribution is -0.116. The third-order valence-electron chi connectivity index (χ3n) is 7.22. The number of thiazole rings is 1. The standard InChI is InChI=1S/C36H40N6O5S/c1-22-13-14-25(32(44)40-26-15-16-26)20-28(22)41-34-42-30(31(48-34)33(45)38-21-23-9-6-5-7-10-23)24-11-8-12-27(19-24)39-29(43)17-18-37-35(46)47-36(2,3)4/h5-14,19-20,26H,15-18,21H2,1-4H3,(H,37,46)(H,38,45)(H,39,43)(H,40,44)(H,41,42). The maximum Gasteiger partial charge on any atom is 0.407 e. The molecule has 0 aliphatic heterocycles. The van der Waals surface area contributed by atoms with Crippen molar-refractivity contribution in [3.05, 3.63) is 94.4 Å². The topological polar surface area (TPSA) is 151 Å². The Balaban J connectivity index is 1.34. The summed E-state index contributed by atoms with van der Waals surface area (Å²) in [4.78, 5) is 56.1. The molecule has 3 aromatic carbocycles. The SMILES string of the molecule is Cc1ccc(C(=O)NC2CC2)cc1Nc1nc(-c2cccc(NC(=O)CCNC(=O)OC(C)(C)C)c2)c(C(=O)NCc2ccccc2)s1. The van der Waals surface area contributed by atoms with Gasteiger partial charge in [0.05, 0.1) is 5.69 Å². The molecule has 1 saturated carbocycles. The molecule has 0 spiro atoms. The van der Waals surface area contributed by atoms with Crippen LogP contribution in [0.15, 0.2) is 72.8 Å². The number of nitrogens with one attached hydrogen (secondary N) is 5. The van der Waals surface area contributed by atoms with E-state index >= 15 is 0 Å². The number of aromatic nitrogens is 1. The molecule has 250 valence electrons. The van der Waals surface area contributed by atoms with Crippen molar-refractivity contribution in [3.63, 3.8) is 0 Å². The van der Waals surface area contributed by atoms with Gasteiger partial charge in [0.15, 0.2) is 5.13 Å². The molecule has 0 unspecified atom stereocenters. The summed E-state index contributed by atoms with van der Waals surface area (Å²) in [7, 11) is 0. The number of carbonyl (C=O) groups excluding carboxylic acids is 4. The van der Waals surface area contributed by atoms with Gasteiger partial charge >= 0.3 is 6.09 Å². The van der Waals surface area contributed by atoms with Crippen molar-refractivity contribution in [1.29, 1.82) is 0 Å². The maximum absolute atomic E-state index is 13.6. The summed E-state index contributed by atoms with van der Waals surface area (Å²) in [5.74, 6) is -0.720. The smallest absolute Gasteiger partial charge is 0.407 e. The van der Waals surface area contributed by atoms with Gasteiger partial charge in [0.1, 0.15) is 10.5 Å². The Kier molecular flexibility index (Phi) is 10.7. The van der Waals surface area contributed by atoms with Gasteiger partial charge in [-0.15, -0.1) is 0 Å². The molecule has 1 aliphatic carbocycles. The van der Waals surface area contributed by atoms with Crippen LogP contribution in [0.4, 0.5) is 21.3 Å². The fourth-order valence-electron chi connectivity index (χ4n) is 4.65. The zero-order valence-electron chi connectivity index (χ0n) is 27.4. The van der Waals surface area contributed by atoms with Crippen LogP contribution in [0.3, 0.4) is 0 Å². The second kappa shape index (κ2) is 15.1. The van der Waals surface area contributed by atoms with Crippen molar-refractivity contribution in [3.8, 4) is 11.3 Å². The van der Waals surface area contributed by atoms with Gasteiger partial charge in [-0.1, -0.05) is 59.9 Å².